The molecule has 4 rings (SSSR count). The number of hydrogen-bond donors (Lipinski definition) is 2. The Bertz CT molecular complexity index is 936. The van der Waals surface area contributed by atoms with Crippen LogP contribution in [0.15, 0.2) is 56.6 Å². The molecule has 2 aromatic rings. The number of hydrogen-bond acceptors (Lipinski definition) is 5. The zero-order valence-corrected chi connectivity index (χ0v) is 16.2. The normalized spacial score (nSPS) is 21.6. The number of nitrogens with zero attached hydrogens (tertiary/aromatic N) is 1. The van der Waals surface area contributed by atoms with Crippen molar-refractivity contribution in [2.24, 2.45) is 4.99 Å². The van der Waals surface area contributed by atoms with Crippen molar-refractivity contribution in [2.75, 3.05) is 14.5 Å². The van der Waals surface area contributed by atoms with Gasteiger partial charge >= 0.3 is 0 Å². The Hall–Kier alpha value is -1.39. The van der Waals surface area contributed by atoms with Gasteiger partial charge in [-0.2, -0.15) is 0 Å². The van der Waals surface area contributed by atoms with Crippen LogP contribution >= 0.6 is 33.9 Å². The molecule has 0 amide bonds. The maximum Gasteiger partial charge on any atom is 0.271 e. The van der Waals surface area contributed by atoms with Crippen molar-refractivity contribution < 1.29 is 8.42 Å². The van der Waals surface area contributed by atoms with E-state index in [1.54, 1.807) is 23.6 Å². The monoisotopic (exact) mass is 471 g/mol. The first-order valence-electron chi connectivity index (χ1n) is 7.33. The van der Waals surface area contributed by atoms with Gasteiger partial charge in [0.25, 0.3) is 10.0 Å². The lowest BCUT2D eigenvalue weighted by Gasteiger charge is -2.21. The molecule has 0 radical (unpaired) electrons. The molecule has 124 valence electrons. The average Bonchev–Trinajstić information content (AvgIpc) is 3.22. The Morgan fingerprint density at radius 1 is 1.33 bits per heavy atom. The molecular formula is C16H14IN3O2S2. The summed E-state index contributed by atoms with van der Waals surface area (Å²) >= 11 is 3.56. The number of dihydropyridines is 1. The van der Waals surface area contributed by atoms with E-state index in [4.69, 9.17) is 0 Å². The molecule has 0 spiro atoms. The molecule has 2 unspecified atom stereocenters. The Labute approximate surface area is 158 Å². The molecule has 5 nitrogen and oxygen atoms in total. The quantitative estimate of drug-likeness (QED) is 0.526. The number of allylic oxidation sites excluding steroid dienone is 1. The summed E-state index contributed by atoms with van der Waals surface area (Å²) in [5.41, 5.74) is 3.97. The fourth-order valence-electron chi connectivity index (χ4n) is 3.04. The Kier molecular flexibility index (Phi) is 4.13. The van der Waals surface area contributed by atoms with E-state index >= 15 is 0 Å². The van der Waals surface area contributed by atoms with Gasteiger partial charge in [0.15, 0.2) is 0 Å². The molecule has 2 atom stereocenters. The third-order valence-electron chi connectivity index (χ3n) is 4.11. The number of benzene rings is 1. The zero-order chi connectivity index (χ0) is 16.7. The minimum atomic E-state index is -3.53. The molecule has 2 aliphatic heterocycles. The fourth-order valence-corrected chi connectivity index (χ4v) is 5.81. The highest BCUT2D eigenvalue weighted by atomic mass is 127. The molecule has 24 heavy (non-hydrogen) atoms. The molecule has 3 heterocycles. The summed E-state index contributed by atoms with van der Waals surface area (Å²) in [5, 5.41) is 5.15. The van der Waals surface area contributed by atoms with Crippen LogP contribution in [0, 0.1) is 0 Å². The van der Waals surface area contributed by atoms with Gasteiger partial charge in [-0.15, -0.1) is 11.3 Å². The van der Waals surface area contributed by atoms with Gasteiger partial charge in [-0.1, -0.05) is 28.7 Å². The van der Waals surface area contributed by atoms with E-state index in [-0.39, 0.29) is 12.1 Å². The molecule has 0 saturated heterocycles. The lowest BCUT2D eigenvalue weighted by atomic mass is 9.90. The third-order valence-corrected chi connectivity index (χ3v) is 7.77. The van der Waals surface area contributed by atoms with Crippen LogP contribution in [0.5, 0.6) is 0 Å². The smallest absolute Gasteiger partial charge is 0.271 e. The average molecular weight is 471 g/mol. The molecule has 2 aliphatic rings. The first-order chi connectivity index (χ1) is 11.6. The summed E-state index contributed by atoms with van der Waals surface area (Å²) in [6, 6.07) is 8.95. The van der Waals surface area contributed by atoms with E-state index in [9.17, 15) is 8.42 Å². The van der Waals surface area contributed by atoms with Crippen molar-refractivity contribution in [3.63, 3.8) is 0 Å². The van der Waals surface area contributed by atoms with Crippen molar-refractivity contribution in [1.82, 2.24) is 0 Å². The molecular weight excluding hydrogens is 457 g/mol. The molecule has 0 bridgehead atoms. The fraction of sp³-hybridized carbons (Fsp3) is 0.188. The highest BCUT2D eigenvalue weighted by Gasteiger charge is 2.35. The molecule has 0 saturated carbocycles. The number of sulfonamides is 1. The summed E-state index contributed by atoms with van der Waals surface area (Å²) in [5.74, 6) is 0.160. The Morgan fingerprint density at radius 3 is 2.96 bits per heavy atom. The number of fused-ring (bicyclic) bond motifs is 3. The van der Waals surface area contributed by atoms with Crippen LogP contribution in [0.4, 0.5) is 11.4 Å². The van der Waals surface area contributed by atoms with E-state index in [1.165, 1.54) is 16.9 Å². The van der Waals surface area contributed by atoms with E-state index in [1.807, 2.05) is 24.4 Å². The highest BCUT2D eigenvalue weighted by molar-refractivity contribution is 14.1. The van der Waals surface area contributed by atoms with E-state index in [0.29, 0.717) is 9.90 Å². The van der Waals surface area contributed by atoms with Crippen LogP contribution in [-0.2, 0) is 10.0 Å². The van der Waals surface area contributed by atoms with Crippen molar-refractivity contribution in [2.45, 2.75) is 16.3 Å². The summed E-state index contributed by atoms with van der Waals surface area (Å²) in [6.45, 7) is 0. The lowest BCUT2D eigenvalue weighted by Crippen LogP contribution is -2.23. The lowest BCUT2D eigenvalue weighted by molar-refractivity contribution is 0.603. The zero-order valence-electron chi connectivity index (χ0n) is 12.4. The molecule has 2 N–H and O–H groups in total. The van der Waals surface area contributed by atoms with Crippen molar-refractivity contribution in [1.29, 1.82) is 0 Å². The van der Waals surface area contributed by atoms with Crippen molar-refractivity contribution in [3.05, 3.63) is 52.9 Å². The molecule has 0 fully saturated rings. The van der Waals surface area contributed by atoms with Crippen LogP contribution in [0.3, 0.4) is 0 Å². The minimum absolute atomic E-state index is 0.00100. The summed E-state index contributed by atoms with van der Waals surface area (Å²) < 4.78 is 28.7. The van der Waals surface area contributed by atoms with Gasteiger partial charge in [0.1, 0.15) is 10.4 Å². The summed E-state index contributed by atoms with van der Waals surface area (Å²) in [6.07, 6.45) is 3.89. The molecule has 0 aliphatic carbocycles. The first kappa shape index (κ1) is 16.1. The van der Waals surface area contributed by atoms with Crippen LogP contribution < -0.4 is 10.0 Å². The number of aliphatic imine (C=N–C) groups is 1. The van der Waals surface area contributed by atoms with Gasteiger partial charge in [-0.25, -0.2) is 8.42 Å². The van der Waals surface area contributed by atoms with Gasteiger partial charge in [0.2, 0.25) is 0 Å². The molecule has 1 aromatic heterocycles. The second kappa shape index (κ2) is 6.16. The highest BCUT2D eigenvalue weighted by Crippen LogP contribution is 2.44. The van der Waals surface area contributed by atoms with Crippen molar-refractivity contribution >= 4 is 61.5 Å². The van der Waals surface area contributed by atoms with Gasteiger partial charge in [-0.3, -0.25) is 9.71 Å². The minimum Gasteiger partial charge on any atom is -0.363 e. The summed E-state index contributed by atoms with van der Waals surface area (Å²) in [4.78, 5) is 4.50. The van der Waals surface area contributed by atoms with Crippen LogP contribution in [-0.4, -0.2) is 25.2 Å². The SMILES string of the molecule is O=S(=O)(Nc1ccc2c(c1)C1C(CI)=CC=NC1N2)c1cccs1. The van der Waals surface area contributed by atoms with Gasteiger partial charge < -0.3 is 5.32 Å². The van der Waals surface area contributed by atoms with E-state index in [0.717, 1.165) is 15.7 Å². The summed E-state index contributed by atoms with van der Waals surface area (Å²) in [7, 11) is -3.53. The van der Waals surface area contributed by atoms with Gasteiger partial charge in [0.05, 0.1) is 0 Å². The van der Waals surface area contributed by atoms with Crippen LogP contribution in [0.2, 0.25) is 0 Å². The molecule has 1 aromatic carbocycles. The third kappa shape index (κ3) is 2.76. The van der Waals surface area contributed by atoms with Crippen LogP contribution in [0.1, 0.15) is 11.5 Å². The topological polar surface area (TPSA) is 70.6 Å². The number of thiophene rings is 1. The largest absolute Gasteiger partial charge is 0.363 e. The number of halogens is 1. The van der Waals surface area contributed by atoms with Crippen LogP contribution in [0.25, 0.3) is 0 Å². The second-order valence-corrected chi connectivity index (χ2v) is 9.20. The maximum atomic E-state index is 12.4. The van der Waals surface area contributed by atoms with Crippen molar-refractivity contribution in [3.8, 4) is 0 Å². The predicted octanol–water partition coefficient (Wildman–Crippen LogP) is 3.83. The van der Waals surface area contributed by atoms with E-state index in [2.05, 4.69) is 37.6 Å². The first-order valence-corrected chi connectivity index (χ1v) is 11.2. The van der Waals surface area contributed by atoms with Gasteiger partial charge in [0, 0.05) is 27.9 Å². The van der Waals surface area contributed by atoms with Gasteiger partial charge in [-0.05, 0) is 46.9 Å². The Morgan fingerprint density at radius 2 is 2.21 bits per heavy atom. The maximum absolute atomic E-state index is 12.4. The number of anilines is 2. The number of rotatable bonds is 4. The Balaban J connectivity index is 1.68. The van der Waals surface area contributed by atoms with E-state index < -0.39 is 10.0 Å². The standard InChI is InChI=1S/C16H14IN3O2S2/c17-9-10-5-6-18-16-15(10)12-8-11(3-4-13(12)19-16)20-24(21,22)14-2-1-7-23-14/h1-8,15-16,19-20H,9H2. The number of alkyl halides is 1. The molecule has 8 heteroatoms. The predicted molar refractivity (Wildman–Crippen MR) is 107 cm³/mol. The number of nitrogens with one attached hydrogen (secondary N) is 2. The second-order valence-electron chi connectivity index (χ2n) is 5.58.